The first-order valence-corrected chi connectivity index (χ1v) is 14.8. The number of rotatable bonds is 10. The molecule has 0 fully saturated rings. The van der Waals surface area contributed by atoms with Crippen LogP contribution < -0.4 is 9.80 Å². The number of hydrogen-bond donors (Lipinski definition) is 1. The van der Waals surface area contributed by atoms with Crippen LogP contribution in [0.1, 0.15) is 61.7 Å². The van der Waals surface area contributed by atoms with Gasteiger partial charge in [0.05, 0.1) is 0 Å². The molecule has 0 heterocycles. The molecule has 0 amide bonds. The molecule has 0 aliphatic rings. The molecule has 49 heavy (non-hydrogen) atoms. The van der Waals surface area contributed by atoms with Gasteiger partial charge in [0.1, 0.15) is 5.78 Å². The molecule has 4 aromatic carbocycles. The summed E-state index contributed by atoms with van der Waals surface area (Å²) in [6, 6.07) is 33.2. The van der Waals surface area contributed by atoms with Crippen LogP contribution in [0.2, 0.25) is 0 Å². The predicted octanol–water partition coefficient (Wildman–Crippen LogP) is 6.49. The Kier molecular flexibility index (Phi) is 28.8. The van der Waals surface area contributed by atoms with Crippen LogP contribution >= 0.6 is 0 Å². The molecule has 3 N–H and O–H groups in total. The van der Waals surface area contributed by atoms with Gasteiger partial charge in [-0.3, -0.25) is 14.4 Å². The van der Waals surface area contributed by atoms with Crippen molar-refractivity contribution in [3.63, 3.8) is 0 Å². The van der Waals surface area contributed by atoms with E-state index in [0.29, 0.717) is 17.5 Å². The van der Waals surface area contributed by atoms with E-state index < -0.39 is 5.92 Å². The Hall–Kier alpha value is -2.84. The molecule has 0 saturated heterocycles. The summed E-state index contributed by atoms with van der Waals surface area (Å²) in [7, 11) is 8.85. The molecular formula is C39H48N2O6Y2-2. The largest absolute Gasteiger partial charge is 0.412 e. The predicted molar refractivity (Wildman–Crippen MR) is 193 cm³/mol. The molecule has 8 nitrogen and oxygen atoms in total. The fourth-order valence-corrected chi connectivity index (χ4v) is 3.90. The molecular weight excluding hydrogens is 770 g/mol. The standard InChI is InChI=1S/C20H21NO2.C10H13NO.C8H8O.CH4O.H2O.2Y/c1-15(20(23)17-7-5-4-6-8-17)9-14-19(22)16-10-12-18(13-11-16)21(2)3;1-8(12)9-4-6-10(7-5-9)11(2)3;1-7(9)8-5-3-2-4-6-8;1-2;;;/h4-8,10-15H,1,9H2,2-3H3;4-7H,1-3H3;2-6H,1H3;2H,1H3;1H2;;/q-2;;;;;;. The number of nitrogens with zero attached hydrogens (tertiary/aromatic N) is 2. The van der Waals surface area contributed by atoms with E-state index >= 15 is 0 Å². The van der Waals surface area contributed by atoms with Crippen molar-refractivity contribution in [2.24, 2.45) is 5.92 Å². The van der Waals surface area contributed by atoms with Gasteiger partial charge in [-0.15, -0.1) is 30.0 Å². The minimum absolute atomic E-state index is 0. The number of aliphatic hydroxyl groups is 1. The van der Waals surface area contributed by atoms with Crippen molar-refractivity contribution in [2.45, 2.75) is 20.3 Å². The van der Waals surface area contributed by atoms with Gasteiger partial charge >= 0.3 is 0 Å². The van der Waals surface area contributed by atoms with E-state index in [1.54, 1.807) is 44.5 Å². The molecule has 258 valence electrons. The fourth-order valence-electron chi connectivity index (χ4n) is 3.90. The van der Waals surface area contributed by atoms with Gasteiger partial charge in [-0.1, -0.05) is 72.8 Å². The minimum atomic E-state index is -0.456. The van der Waals surface area contributed by atoms with Gasteiger partial charge in [-0.05, 0) is 38.1 Å². The van der Waals surface area contributed by atoms with Gasteiger partial charge in [0.25, 0.3) is 0 Å². The van der Waals surface area contributed by atoms with Crippen LogP contribution in [0.15, 0.2) is 109 Å². The van der Waals surface area contributed by atoms with E-state index in [-0.39, 0.29) is 94.0 Å². The zero-order valence-electron chi connectivity index (χ0n) is 29.6. The second-order valence-electron chi connectivity index (χ2n) is 10.6. The van der Waals surface area contributed by atoms with E-state index in [9.17, 15) is 19.2 Å². The molecule has 0 saturated carbocycles. The van der Waals surface area contributed by atoms with Crippen LogP contribution in [0.3, 0.4) is 0 Å². The number of anilines is 2. The van der Waals surface area contributed by atoms with E-state index in [0.717, 1.165) is 29.6 Å². The number of carbonyl (C=O) groups is 4. The molecule has 0 bridgehead atoms. The van der Waals surface area contributed by atoms with Gasteiger partial charge in [0, 0.05) is 135 Å². The molecule has 0 aliphatic carbocycles. The monoisotopic (exact) mass is 818 g/mol. The van der Waals surface area contributed by atoms with Crippen molar-refractivity contribution in [2.75, 3.05) is 45.1 Å². The van der Waals surface area contributed by atoms with Crippen LogP contribution in [-0.4, -0.2) is 69.0 Å². The van der Waals surface area contributed by atoms with Crippen molar-refractivity contribution < 1.29 is 95.2 Å². The molecule has 0 aromatic heterocycles. The van der Waals surface area contributed by atoms with E-state index in [4.69, 9.17) is 5.11 Å². The maximum Gasteiger partial charge on any atom is 0.159 e. The maximum atomic E-state index is 12.2. The molecule has 0 spiro atoms. The molecule has 0 aliphatic heterocycles. The second kappa shape index (κ2) is 27.9. The van der Waals surface area contributed by atoms with Crippen LogP contribution in [-0.2, 0) is 65.4 Å². The molecule has 10 heteroatoms. The van der Waals surface area contributed by atoms with Crippen LogP contribution in [0, 0.1) is 19.3 Å². The molecule has 1 unspecified atom stereocenters. The summed E-state index contributed by atoms with van der Waals surface area (Å²) in [6.07, 6.45) is 1.88. The van der Waals surface area contributed by atoms with Crippen molar-refractivity contribution in [1.82, 2.24) is 0 Å². The first-order chi connectivity index (χ1) is 21.9. The number of ketones is 4. The Balaban J connectivity index is -0.000000687. The summed E-state index contributed by atoms with van der Waals surface area (Å²) in [5.74, 6) is -0.347. The summed E-state index contributed by atoms with van der Waals surface area (Å²) < 4.78 is 0. The number of carbonyl (C=O) groups excluding carboxylic acids is 4. The molecule has 4 rings (SSSR count). The van der Waals surface area contributed by atoms with Crippen LogP contribution in [0.5, 0.6) is 0 Å². The van der Waals surface area contributed by atoms with Crippen molar-refractivity contribution in [3.05, 3.63) is 145 Å². The first-order valence-electron chi connectivity index (χ1n) is 14.8. The third kappa shape index (κ3) is 19.2. The van der Waals surface area contributed by atoms with E-state index in [1.807, 2.05) is 123 Å². The smallest absolute Gasteiger partial charge is 0.159 e. The van der Waals surface area contributed by atoms with Gasteiger partial charge in [-0.2, -0.15) is 6.42 Å². The fraction of sp³-hybridized carbons (Fsp3) is 0.231. The van der Waals surface area contributed by atoms with E-state index in [1.165, 1.54) is 0 Å². The van der Waals surface area contributed by atoms with E-state index in [2.05, 4.69) is 6.92 Å². The molecule has 4 aromatic rings. The van der Waals surface area contributed by atoms with Gasteiger partial charge in [0.2, 0.25) is 0 Å². The van der Waals surface area contributed by atoms with Crippen molar-refractivity contribution >= 4 is 34.5 Å². The Morgan fingerprint density at radius 3 is 1.24 bits per heavy atom. The van der Waals surface area contributed by atoms with Gasteiger partial charge in [-0.25, -0.2) is 0 Å². The van der Waals surface area contributed by atoms with Gasteiger partial charge in [0.15, 0.2) is 11.6 Å². The average Bonchev–Trinajstić information content (AvgIpc) is 3.09. The first kappa shape index (κ1) is 50.5. The molecule has 1 atom stereocenters. The second-order valence-corrected chi connectivity index (χ2v) is 10.6. The Labute approximate surface area is 342 Å². The summed E-state index contributed by atoms with van der Waals surface area (Å²) >= 11 is 0. The number of hydrogen-bond acceptors (Lipinski definition) is 7. The summed E-state index contributed by atoms with van der Waals surface area (Å²) in [4.78, 5) is 49.9. The number of aliphatic hydroxyl groups excluding tert-OH is 1. The average molecular weight is 819 g/mol. The number of benzene rings is 4. The summed E-state index contributed by atoms with van der Waals surface area (Å²) in [5.41, 5.74) is 4.94. The Bertz CT molecular complexity index is 1500. The van der Waals surface area contributed by atoms with Crippen LogP contribution in [0.4, 0.5) is 11.4 Å². The minimum Gasteiger partial charge on any atom is -0.412 e. The summed E-state index contributed by atoms with van der Waals surface area (Å²) in [5, 5.41) is 7.00. The topological polar surface area (TPSA) is 126 Å². The quantitative estimate of drug-likeness (QED) is 0.143. The number of Topliss-reactive ketones (excluding diaryl/α,β-unsaturated/α-hetero) is 4. The zero-order chi connectivity index (χ0) is 34.6. The summed E-state index contributed by atoms with van der Waals surface area (Å²) in [6.45, 7) is 7.02. The van der Waals surface area contributed by atoms with Gasteiger partial charge < -0.3 is 32.1 Å². The SMILES string of the molecule is CC(=O)c1ccc(N(C)C)cc1.CC(=O)c1ccccc1.CO.O.[CH2-]C(C[CH-]C(=O)c1ccc(N(C)C)cc1)C(=O)c1ccccc1.[Y].[Y]. The normalized spacial score (nSPS) is 9.57. The zero-order valence-corrected chi connectivity index (χ0v) is 35.3. The Morgan fingerprint density at radius 1 is 0.592 bits per heavy atom. The van der Waals surface area contributed by atoms with Crippen molar-refractivity contribution in [1.29, 1.82) is 0 Å². The van der Waals surface area contributed by atoms with Crippen LogP contribution in [0.25, 0.3) is 0 Å². The third-order valence-corrected chi connectivity index (χ3v) is 6.66. The Morgan fingerprint density at radius 2 is 0.918 bits per heavy atom. The van der Waals surface area contributed by atoms with Crippen molar-refractivity contribution in [3.8, 4) is 0 Å². The maximum absolute atomic E-state index is 12.2. The third-order valence-electron chi connectivity index (χ3n) is 6.66. The molecule has 2 radical (unpaired) electrons.